The summed E-state index contributed by atoms with van der Waals surface area (Å²) in [6.07, 6.45) is 18.3. The van der Waals surface area contributed by atoms with Gasteiger partial charge in [-0.1, -0.05) is 90.5 Å². The lowest BCUT2D eigenvalue weighted by molar-refractivity contribution is 0.0486. The van der Waals surface area contributed by atoms with Crippen LogP contribution in [0.3, 0.4) is 0 Å². The minimum Gasteiger partial charge on any atom is -0.478 e. The Kier molecular flexibility index (Phi) is 10.9. The Morgan fingerprint density at radius 3 is 2.06 bits per heavy atom. The second-order valence-corrected chi connectivity index (χ2v) is 11.1. The summed E-state index contributed by atoms with van der Waals surface area (Å²) in [6, 6.07) is 3.81. The maximum atomic E-state index is 13.0. The third kappa shape index (κ3) is 7.58. The molecule has 0 atom stereocenters. The minimum atomic E-state index is -0.977. The molecule has 4 nitrogen and oxygen atoms in total. The molecule has 0 unspecified atom stereocenters. The molecule has 3 rings (SSSR count). The Hall–Kier alpha value is -1.84. The lowest BCUT2D eigenvalue weighted by Gasteiger charge is -2.31. The fourth-order valence-corrected chi connectivity index (χ4v) is 6.06. The van der Waals surface area contributed by atoms with Crippen molar-refractivity contribution in [2.45, 2.75) is 128 Å². The molecular formula is C30H46O4. The zero-order valence-electron chi connectivity index (χ0n) is 21.6. The zero-order valence-corrected chi connectivity index (χ0v) is 21.6. The van der Waals surface area contributed by atoms with E-state index in [-0.39, 0.29) is 17.0 Å². The summed E-state index contributed by atoms with van der Waals surface area (Å²) < 4.78 is 5.59. The van der Waals surface area contributed by atoms with Crippen LogP contribution in [0.15, 0.2) is 12.1 Å². The number of aromatic carboxylic acids is 1. The first-order valence-electron chi connectivity index (χ1n) is 14.1. The largest absolute Gasteiger partial charge is 0.478 e. The van der Waals surface area contributed by atoms with Gasteiger partial charge < -0.3 is 9.84 Å². The van der Waals surface area contributed by atoms with Crippen LogP contribution < -0.4 is 0 Å². The van der Waals surface area contributed by atoms with Crippen LogP contribution >= 0.6 is 0 Å². The van der Waals surface area contributed by atoms with Gasteiger partial charge in [0.25, 0.3) is 0 Å². The highest BCUT2D eigenvalue weighted by Crippen LogP contribution is 2.43. The van der Waals surface area contributed by atoms with E-state index >= 15 is 0 Å². The third-order valence-electron chi connectivity index (χ3n) is 7.93. The molecule has 2 saturated carbocycles. The lowest BCUT2D eigenvalue weighted by atomic mass is 9.73. The third-order valence-corrected chi connectivity index (χ3v) is 7.93. The number of unbranched alkanes of at least 4 members (excludes halogenated alkanes) is 4. The molecule has 0 spiro atoms. The second-order valence-electron chi connectivity index (χ2n) is 11.1. The average molecular weight is 471 g/mol. The van der Waals surface area contributed by atoms with Gasteiger partial charge in [-0.2, -0.15) is 0 Å². The van der Waals surface area contributed by atoms with Gasteiger partial charge in [-0.15, -0.1) is 0 Å². The first kappa shape index (κ1) is 26.8. The van der Waals surface area contributed by atoms with E-state index in [1.165, 1.54) is 50.5 Å². The highest BCUT2D eigenvalue weighted by molar-refractivity contribution is 6.04. The van der Waals surface area contributed by atoms with Gasteiger partial charge in [0.1, 0.15) is 0 Å². The molecule has 2 aliphatic carbocycles. The van der Waals surface area contributed by atoms with E-state index in [0.29, 0.717) is 12.5 Å². The van der Waals surface area contributed by atoms with Gasteiger partial charge in [0.2, 0.25) is 0 Å². The van der Waals surface area contributed by atoms with E-state index in [1.807, 2.05) is 0 Å². The van der Waals surface area contributed by atoms with Crippen LogP contribution in [0, 0.1) is 5.92 Å². The summed E-state index contributed by atoms with van der Waals surface area (Å²) in [5.41, 5.74) is 2.64. The standard InChI is InChI=1S/C30H46O4/c1-22(2)14-8-4-3-5-13-21-34-30(33)26-20-19-25(23-15-9-6-10-16-23)27(28(26)29(31)32)24-17-11-7-12-18-24/h19-20,22-24H,3-18,21H2,1-2H3,(H,31,32). The number of benzene rings is 1. The number of carbonyl (C=O) groups excluding carboxylic acids is 1. The van der Waals surface area contributed by atoms with Crippen LogP contribution in [0.4, 0.5) is 0 Å². The number of carboxylic acid groups (broad SMARTS) is 1. The van der Waals surface area contributed by atoms with Crippen molar-refractivity contribution >= 4 is 11.9 Å². The predicted molar refractivity (Wildman–Crippen MR) is 138 cm³/mol. The molecule has 190 valence electrons. The second kappa shape index (κ2) is 13.9. The van der Waals surface area contributed by atoms with E-state index in [1.54, 1.807) is 6.07 Å². The maximum Gasteiger partial charge on any atom is 0.339 e. The highest BCUT2D eigenvalue weighted by Gasteiger charge is 2.32. The van der Waals surface area contributed by atoms with Crippen LogP contribution in [-0.4, -0.2) is 23.7 Å². The molecular weight excluding hydrogens is 424 g/mol. The number of hydrogen-bond acceptors (Lipinski definition) is 3. The molecule has 0 saturated heterocycles. The van der Waals surface area contributed by atoms with Crippen LogP contribution in [0.5, 0.6) is 0 Å². The fraction of sp³-hybridized carbons (Fsp3) is 0.733. The molecule has 34 heavy (non-hydrogen) atoms. The summed E-state index contributed by atoms with van der Waals surface area (Å²) in [4.78, 5) is 25.6. The molecule has 1 aromatic rings. The number of hydrogen-bond donors (Lipinski definition) is 1. The normalized spacial score (nSPS) is 17.7. The van der Waals surface area contributed by atoms with Gasteiger partial charge in [-0.25, -0.2) is 9.59 Å². The number of carbonyl (C=O) groups is 2. The Labute approximate surface area is 206 Å². The van der Waals surface area contributed by atoms with Gasteiger partial charge in [-0.3, -0.25) is 0 Å². The van der Waals surface area contributed by atoms with Crippen molar-refractivity contribution in [3.63, 3.8) is 0 Å². The number of ether oxygens (including phenoxy) is 1. The number of rotatable bonds is 12. The van der Waals surface area contributed by atoms with Crippen molar-refractivity contribution < 1.29 is 19.4 Å². The van der Waals surface area contributed by atoms with Gasteiger partial charge in [0.15, 0.2) is 0 Å². The van der Waals surface area contributed by atoms with Crippen molar-refractivity contribution in [3.8, 4) is 0 Å². The first-order valence-corrected chi connectivity index (χ1v) is 14.1. The van der Waals surface area contributed by atoms with Crippen molar-refractivity contribution in [3.05, 3.63) is 34.4 Å². The zero-order chi connectivity index (χ0) is 24.3. The Balaban J connectivity index is 1.71. The van der Waals surface area contributed by atoms with Crippen molar-refractivity contribution in [2.75, 3.05) is 6.61 Å². The Morgan fingerprint density at radius 2 is 1.44 bits per heavy atom. The summed E-state index contributed by atoms with van der Waals surface area (Å²) in [5.74, 6) is -0.0212. The van der Waals surface area contributed by atoms with Gasteiger partial charge in [-0.05, 0) is 67.1 Å². The fourth-order valence-electron chi connectivity index (χ4n) is 6.06. The Morgan fingerprint density at radius 1 is 0.853 bits per heavy atom. The molecule has 1 N–H and O–H groups in total. The summed E-state index contributed by atoms with van der Waals surface area (Å²) in [7, 11) is 0. The van der Waals surface area contributed by atoms with Gasteiger partial charge in [0, 0.05) is 0 Å². The molecule has 2 aliphatic rings. The first-order chi connectivity index (χ1) is 16.5. The minimum absolute atomic E-state index is 0.230. The molecule has 0 aliphatic heterocycles. The van der Waals surface area contributed by atoms with Crippen LogP contribution in [0.2, 0.25) is 0 Å². The monoisotopic (exact) mass is 470 g/mol. The molecule has 4 heteroatoms. The predicted octanol–water partition coefficient (Wildman–Crippen LogP) is 8.63. The smallest absolute Gasteiger partial charge is 0.339 e. The highest BCUT2D eigenvalue weighted by atomic mass is 16.5. The van der Waals surface area contributed by atoms with Gasteiger partial charge in [0.05, 0.1) is 17.7 Å². The Bertz CT molecular complexity index is 785. The molecule has 0 heterocycles. The van der Waals surface area contributed by atoms with Crippen LogP contribution in [-0.2, 0) is 4.74 Å². The number of esters is 1. The van der Waals surface area contributed by atoms with Crippen molar-refractivity contribution in [1.82, 2.24) is 0 Å². The number of carboxylic acids is 1. The van der Waals surface area contributed by atoms with Crippen molar-refractivity contribution in [1.29, 1.82) is 0 Å². The SMILES string of the molecule is CC(C)CCCCCCCOC(=O)c1ccc(C2CCCCC2)c(C2CCCCC2)c1C(=O)O. The molecule has 0 amide bonds. The molecule has 0 radical (unpaired) electrons. The van der Waals surface area contributed by atoms with E-state index < -0.39 is 11.9 Å². The lowest BCUT2D eigenvalue weighted by Crippen LogP contribution is -2.21. The average Bonchev–Trinajstić information content (AvgIpc) is 2.85. The van der Waals surface area contributed by atoms with E-state index in [2.05, 4.69) is 19.9 Å². The van der Waals surface area contributed by atoms with E-state index in [4.69, 9.17) is 4.74 Å². The quantitative estimate of drug-likeness (QED) is 0.245. The summed E-state index contributed by atoms with van der Waals surface area (Å²) in [5, 5.41) is 10.3. The summed E-state index contributed by atoms with van der Waals surface area (Å²) in [6.45, 7) is 4.88. The van der Waals surface area contributed by atoms with Gasteiger partial charge >= 0.3 is 11.9 Å². The van der Waals surface area contributed by atoms with Crippen LogP contribution in [0.25, 0.3) is 0 Å². The molecule has 1 aromatic carbocycles. The molecule has 0 bridgehead atoms. The maximum absolute atomic E-state index is 13.0. The topological polar surface area (TPSA) is 63.6 Å². The van der Waals surface area contributed by atoms with E-state index in [0.717, 1.165) is 69.3 Å². The van der Waals surface area contributed by atoms with E-state index in [9.17, 15) is 14.7 Å². The van der Waals surface area contributed by atoms with Crippen LogP contribution in [0.1, 0.15) is 160 Å². The molecule has 0 aromatic heterocycles. The summed E-state index contributed by atoms with van der Waals surface area (Å²) >= 11 is 0. The molecule has 2 fully saturated rings. The van der Waals surface area contributed by atoms with Crippen molar-refractivity contribution in [2.24, 2.45) is 5.92 Å².